The topological polar surface area (TPSA) is 170 Å². The van der Waals surface area contributed by atoms with Crippen LogP contribution in [0.1, 0.15) is 44.4 Å². The molecule has 0 aliphatic carbocycles. The first-order chi connectivity index (χ1) is 27.5. The maximum atomic E-state index is 12.5. The van der Waals surface area contributed by atoms with Crippen LogP contribution in [-0.4, -0.2) is 106 Å². The van der Waals surface area contributed by atoms with E-state index in [0.29, 0.717) is 0 Å². The second-order valence-corrected chi connectivity index (χ2v) is 13.5. The summed E-state index contributed by atoms with van der Waals surface area (Å²) in [6.07, 6.45) is -11.2. The van der Waals surface area contributed by atoms with Gasteiger partial charge in [0.1, 0.15) is 37.1 Å². The maximum absolute atomic E-state index is 12.5. The van der Waals surface area contributed by atoms with Crippen molar-refractivity contribution >= 4 is 23.9 Å². The fourth-order valence-corrected chi connectivity index (χ4v) is 6.58. The smallest absolute Gasteiger partial charge is 0.303 e. The fourth-order valence-electron chi connectivity index (χ4n) is 6.58. The Morgan fingerprint density at radius 3 is 1.35 bits per heavy atom. The van der Waals surface area contributed by atoms with Crippen LogP contribution in [0.25, 0.3) is 0 Å². The molecule has 3 aromatic carbocycles. The lowest BCUT2D eigenvalue weighted by Gasteiger charge is -2.47. The largest absolute Gasteiger partial charge is 0.463 e. The highest BCUT2D eigenvalue weighted by Crippen LogP contribution is 2.34. The van der Waals surface area contributed by atoms with Gasteiger partial charge in [-0.05, 0) is 16.7 Å². The van der Waals surface area contributed by atoms with Crippen molar-refractivity contribution in [3.05, 3.63) is 108 Å². The number of ether oxygens (including phenoxy) is 11. The molecule has 308 valence electrons. The average Bonchev–Trinajstić information content (AvgIpc) is 3.19. The third-order valence-corrected chi connectivity index (χ3v) is 9.05. The van der Waals surface area contributed by atoms with Gasteiger partial charge in [0.2, 0.25) is 0 Å². The van der Waals surface area contributed by atoms with Crippen LogP contribution >= 0.6 is 0 Å². The summed E-state index contributed by atoms with van der Waals surface area (Å²) in [5.41, 5.74) is 2.71. The van der Waals surface area contributed by atoms with Gasteiger partial charge in [-0.15, -0.1) is 0 Å². The number of hydrogen-bond acceptors (Lipinski definition) is 15. The summed E-state index contributed by atoms with van der Waals surface area (Å²) in [6.45, 7) is 4.53. The standard InChI is InChI=1S/C42H50O15/c1-26(43)48-24-34-36(53-27(2)44)38(54-28(3)45)40(55-29(4)46)42(57-34)52-25-33-35(49-21-30-15-9-6-10-16-30)37(50-22-31-17-11-7-12-18-31)39(41(47-5)56-33)51-23-32-19-13-8-14-20-32/h6-20,33-42H,21-25H2,1-5H3/t33-,34-,35-,36+,37+,38+,39-,40-,41-,42-/m1/s1. The third kappa shape index (κ3) is 12.9. The number of hydrogen-bond donors (Lipinski definition) is 0. The summed E-state index contributed by atoms with van der Waals surface area (Å²) in [5, 5.41) is 0. The lowest BCUT2D eigenvalue weighted by atomic mass is 9.97. The monoisotopic (exact) mass is 794 g/mol. The summed E-state index contributed by atoms with van der Waals surface area (Å²) in [6, 6.07) is 28.8. The summed E-state index contributed by atoms with van der Waals surface area (Å²) in [7, 11) is 1.49. The molecule has 3 aromatic rings. The van der Waals surface area contributed by atoms with Crippen molar-refractivity contribution in [2.45, 2.75) is 109 Å². The van der Waals surface area contributed by atoms with Crippen LogP contribution in [0.5, 0.6) is 0 Å². The molecule has 0 unspecified atom stereocenters. The summed E-state index contributed by atoms with van der Waals surface area (Å²) in [5.74, 6) is -2.93. The lowest BCUT2D eigenvalue weighted by Crippen LogP contribution is -2.64. The molecule has 2 heterocycles. The van der Waals surface area contributed by atoms with Crippen molar-refractivity contribution in [2.75, 3.05) is 20.3 Å². The number of methoxy groups -OCH3 is 1. The van der Waals surface area contributed by atoms with Crippen LogP contribution in [0.4, 0.5) is 0 Å². The van der Waals surface area contributed by atoms with Crippen LogP contribution in [0, 0.1) is 0 Å². The van der Waals surface area contributed by atoms with Gasteiger partial charge in [-0.1, -0.05) is 91.0 Å². The Morgan fingerprint density at radius 2 is 0.877 bits per heavy atom. The van der Waals surface area contributed by atoms with E-state index >= 15 is 0 Å². The number of carbonyl (C=O) groups excluding carboxylic acids is 4. The minimum atomic E-state index is -1.46. The molecule has 10 atom stereocenters. The molecule has 2 aliphatic heterocycles. The zero-order valence-corrected chi connectivity index (χ0v) is 32.6. The Balaban J connectivity index is 1.48. The van der Waals surface area contributed by atoms with E-state index in [1.165, 1.54) is 14.0 Å². The highest BCUT2D eigenvalue weighted by atomic mass is 16.8. The van der Waals surface area contributed by atoms with Crippen molar-refractivity contribution in [2.24, 2.45) is 0 Å². The highest BCUT2D eigenvalue weighted by Gasteiger charge is 2.54. The predicted molar refractivity (Wildman–Crippen MR) is 199 cm³/mol. The van der Waals surface area contributed by atoms with Gasteiger partial charge >= 0.3 is 23.9 Å². The predicted octanol–water partition coefficient (Wildman–Crippen LogP) is 4.21. The Labute approximate surface area is 331 Å². The van der Waals surface area contributed by atoms with Crippen LogP contribution in [0.15, 0.2) is 91.0 Å². The molecule has 15 nitrogen and oxygen atoms in total. The van der Waals surface area contributed by atoms with Gasteiger partial charge in [0, 0.05) is 34.8 Å². The van der Waals surface area contributed by atoms with Crippen LogP contribution in [0.2, 0.25) is 0 Å². The van der Waals surface area contributed by atoms with Gasteiger partial charge < -0.3 is 52.1 Å². The van der Waals surface area contributed by atoms with E-state index in [2.05, 4.69) is 0 Å². The molecule has 2 aliphatic rings. The zero-order valence-electron chi connectivity index (χ0n) is 32.6. The van der Waals surface area contributed by atoms with Crippen LogP contribution in [0.3, 0.4) is 0 Å². The second-order valence-electron chi connectivity index (χ2n) is 13.5. The van der Waals surface area contributed by atoms with E-state index in [1.807, 2.05) is 91.0 Å². The molecule has 0 amide bonds. The SMILES string of the molecule is CO[C@@H]1O[C@H](CO[C@@H]2O[C@H](COC(C)=O)[C@H](OC(C)=O)[C@H](OC(C)=O)[C@H]2OC(C)=O)[C@@H](OCc2ccccc2)[C@H](OCc2ccccc2)[C@H]1OCc1ccccc1. The first kappa shape index (κ1) is 43.4. The van der Waals surface area contributed by atoms with Gasteiger partial charge in [0.25, 0.3) is 0 Å². The molecule has 2 fully saturated rings. The molecule has 0 saturated carbocycles. The Hall–Kier alpha value is -4.74. The molecule has 0 bridgehead atoms. The van der Waals surface area contributed by atoms with Crippen LogP contribution < -0.4 is 0 Å². The average molecular weight is 795 g/mol. The van der Waals surface area contributed by atoms with Crippen LogP contribution in [-0.2, 0) is 91.1 Å². The normalized spacial score (nSPS) is 27.2. The lowest BCUT2D eigenvalue weighted by molar-refractivity contribution is -0.342. The van der Waals surface area contributed by atoms with Crippen molar-refractivity contribution in [3.63, 3.8) is 0 Å². The quantitative estimate of drug-likeness (QED) is 0.132. The Kier molecular flexibility index (Phi) is 16.5. The minimum absolute atomic E-state index is 0.165. The van der Waals surface area contributed by atoms with E-state index in [4.69, 9.17) is 52.1 Å². The van der Waals surface area contributed by atoms with Crippen molar-refractivity contribution < 1.29 is 71.3 Å². The van der Waals surface area contributed by atoms with Gasteiger partial charge in [-0.3, -0.25) is 19.2 Å². The van der Waals surface area contributed by atoms with E-state index in [-0.39, 0.29) is 26.4 Å². The van der Waals surface area contributed by atoms with E-state index in [1.54, 1.807) is 0 Å². The second kappa shape index (κ2) is 21.7. The molecule has 0 radical (unpaired) electrons. The number of benzene rings is 3. The third-order valence-electron chi connectivity index (χ3n) is 9.05. The van der Waals surface area contributed by atoms with Crippen molar-refractivity contribution in [3.8, 4) is 0 Å². The molecule has 0 N–H and O–H groups in total. The summed E-state index contributed by atoms with van der Waals surface area (Å²) >= 11 is 0. The minimum Gasteiger partial charge on any atom is -0.463 e. The molecule has 0 aromatic heterocycles. The first-order valence-electron chi connectivity index (χ1n) is 18.6. The van der Waals surface area contributed by atoms with E-state index < -0.39 is 91.9 Å². The molecule has 2 saturated heterocycles. The van der Waals surface area contributed by atoms with Gasteiger partial charge in [-0.25, -0.2) is 0 Å². The number of carbonyl (C=O) groups is 4. The van der Waals surface area contributed by atoms with Gasteiger partial charge in [0.05, 0.1) is 26.4 Å². The number of esters is 4. The summed E-state index contributed by atoms with van der Waals surface area (Å²) in [4.78, 5) is 48.9. The first-order valence-corrected chi connectivity index (χ1v) is 18.6. The highest BCUT2D eigenvalue weighted by molar-refractivity contribution is 5.68. The molecule has 57 heavy (non-hydrogen) atoms. The molecule has 15 heteroatoms. The maximum Gasteiger partial charge on any atom is 0.303 e. The molecular weight excluding hydrogens is 744 g/mol. The summed E-state index contributed by atoms with van der Waals surface area (Å²) < 4.78 is 66.7. The molecular formula is C42H50O15. The number of rotatable bonds is 18. The van der Waals surface area contributed by atoms with Gasteiger partial charge in [0.15, 0.2) is 30.9 Å². The van der Waals surface area contributed by atoms with Gasteiger partial charge in [-0.2, -0.15) is 0 Å². The van der Waals surface area contributed by atoms with E-state index in [9.17, 15) is 19.2 Å². The van der Waals surface area contributed by atoms with Crippen molar-refractivity contribution in [1.82, 2.24) is 0 Å². The molecule has 0 spiro atoms. The van der Waals surface area contributed by atoms with Crippen molar-refractivity contribution in [1.29, 1.82) is 0 Å². The van der Waals surface area contributed by atoms with E-state index in [0.717, 1.165) is 37.5 Å². The Morgan fingerprint density at radius 1 is 0.456 bits per heavy atom. The molecule has 5 rings (SSSR count). The zero-order chi connectivity index (χ0) is 40.7. The fraction of sp³-hybridized carbons (Fsp3) is 0.476. The Bertz CT molecular complexity index is 1710.